The zero-order valence-electron chi connectivity index (χ0n) is 10.9. The molecule has 1 unspecified atom stereocenters. The van der Waals surface area contributed by atoms with Crippen LogP contribution in [0.2, 0.25) is 0 Å². The third kappa shape index (κ3) is 2.00. The van der Waals surface area contributed by atoms with Crippen molar-refractivity contribution in [2.75, 3.05) is 6.61 Å². The average Bonchev–Trinajstić information content (AvgIpc) is 2.97. The summed E-state index contributed by atoms with van der Waals surface area (Å²) in [6, 6.07) is 0. The van der Waals surface area contributed by atoms with Crippen LogP contribution < -0.4 is 0 Å². The fraction of sp³-hybridized carbons (Fsp3) is 0.786. The van der Waals surface area contributed by atoms with Crippen molar-refractivity contribution in [1.82, 2.24) is 4.98 Å². The SMILES string of the molecule is CCOC1(c2nc3c(s2)CCCC3O)CCCC1. The van der Waals surface area contributed by atoms with Crippen molar-refractivity contribution < 1.29 is 9.84 Å². The Bertz CT molecular complexity index is 423. The summed E-state index contributed by atoms with van der Waals surface area (Å²) in [6.45, 7) is 2.80. The van der Waals surface area contributed by atoms with Crippen LogP contribution in [0, 0.1) is 0 Å². The van der Waals surface area contributed by atoms with Gasteiger partial charge in [0.1, 0.15) is 10.6 Å². The monoisotopic (exact) mass is 267 g/mol. The fourth-order valence-electron chi connectivity index (χ4n) is 3.23. The minimum Gasteiger partial charge on any atom is -0.387 e. The second-order valence-corrected chi connectivity index (χ2v) is 6.45. The highest BCUT2D eigenvalue weighted by Gasteiger charge is 2.40. The Hall–Kier alpha value is -0.450. The van der Waals surface area contributed by atoms with E-state index in [0.29, 0.717) is 0 Å². The third-order valence-corrected chi connectivity index (χ3v) is 5.46. The van der Waals surface area contributed by atoms with Crippen LogP contribution in [-0.4, -0.2) is 16.7 Å². The summed E-state index contributed by atoms with van der Waals surface area (Å²) in [7, 11) is 0. The molecule has 1 N–H and O–H groups in total. The van der Waals surface area contributed by atoms with Gasteiger partial charge in [-0.3, -0.25) is 0 Å². The Morgan fingerprint density at radius 3 is 2.83 bits per heavy atom. The Kier molecular flexibility index (Phi) is 3.43. The molecule has 2 aliphatic rings. The maximum absolute atomic E-state index is 10.0. The van der Waals surface area contributed by atoms with Crippen molar-refractivity contribution in [2.24, 2.45) is 0 Å². The standard InChI is InChI=1S/C14H21NO2S/c1-2-17-14(8-3-4-9-14)13-15-12-10(16)6-5-7-11(12)18-13/h10,16H,2-9H2,1H3. The lowest BCUT2D eigenvalue weighted by molar-refractivity contribution is -0.0393. The highest BCUT2D eigenvalue weighted by atomic mass is 32.1. The first-order chi connectivity index (χ1) is 8.75. The highest BCUT2D eigenvalue weighted by Crippen LogP contribution is 2.46. The minimum absolute atomic E-state index is 0.142. The van der Waals surface area contributed by atoms with Crippen LogP contribution >= 0.6 is 11.3 Å². The van der Waals surface area contributed by atoms with Gasteiger partial charge in [-0.25, -0.2) is 4.98 Å². The zero-order valence-corrected chi connectivity index (χ0v) is 11.8. The van der Waals surface area contributed by atoms with Crippen molar-refractivity contribution in [3.63, 3.8) is 0 Å². The largest absolute Gasteiger partial charge is 0.387 e. The first-order valence-electron chi connectivity index (χ1n) is 7.07. The number of hydrogen-bond acceptors (Lipinski definition) is 4. The first-order valence-corrected chi connectivity index (χ1v) is 7.89. The van der Waals surface area contributed by atoms with Crippen LogP contribution in [0.25, 0.3) is 0 Å². The van der Waals surface area contributed by atoms with Gasteiger partial charge in [-0.05, 0) is 39.0 Å². The van der Waals surface area contributed by atoms with E-state index in [9.17, 15) is 5.11 Å². The molecule has 2 aliphatic carbocycles. The lowest BCUT2D eigenvalue weighted by Crippen LogP contribution is -2.26. The second-order valence-electron chi connectivity index (χ2n) is 5.37. The number of aliphatic hydroxyl groups excluding tert-OH is 1. The summed E-state index contributed by atoms with van der Waals surface area (Å²) < 4.78 is 6.06. The molecule has 3 nitrogen and oxygen atoms in total. The number of aryl methyl sites for hydroxylation is 1. The van der Waals surface area contributed by atoms with E-state index in [0.717, 1.165) is 49.4 Å². The van der Waals surface area contributed by atoms with Crippen molar-refractivity contribution in [3.8, 4) is 0 Å². The molecule has 0 aliphatic heterocycles. The summed E-state index contributed by atoms with van der Waals surface area (Å²) >= 11 is 1.78. The Morgan fingerprint density at radius 1 is 1.39 bits per heavy atom. The smallest absolute Gasteiger partial charge is 0.125 e. The second kappa shape index (κ2) is 4.91. The van der Waals surface area contributed by atoms with E-state index in [1.54, 1.807) is 11.3 Å². The molecule has 1 aromatic rings. The van der Waals surface area contributed by atoms with Crippen molar-refractivity contribution in [1.29, 1.82) is 0 Å². The quantitative estimate of drug-likeness (QED) is 0.913. The molecule has 1 fully saturated rings. The number of hydrogen-bond donors (Lipinski definition) is 1. The fourth-order valence-corrected chi connectivity index (χ4v) is 4.59. The molecule has 1 aromatic heterocycles. The van der Waals surface area contributed by atoms with Crippen LogP contribution in [0.15, 0.2) is 0 Å². The number of nitrogens with zero attached hydrogens (tertiary/aromatic N) is 1. The van der Waals surface area contributed by atoms with E-state index in [2.05, 4.69) is 6.92 Å². The van der Waals surface area contributed by atoms with Gasteiger partial charge in [0, 0.05) is 11.5 Å². The van der Waals surface area contributed by atoms with Gasteiger partial charge >= 0.3 is 0 Å². The van der Waals surface area contributed by atoms with Crippen molar-refractivity contribution in [2.45, 2.75) is 63.6 Å². The number of thiazole rings is 1. The number of fused-ring (bicyclic) bond motifs is 1. The molecule has 4 heteroatoms. The van der Waals surface area contributed by atoms with Crippen LogP contribution in [0.5, 0.6) is 0 Å². The van der Waals surface area contributed by atoms with Gasteiger partial charge in [-0.2, -0.15) is 0 Å². The molecule has 18 heavy (non-hydrogen) atoms. The molecule has 0 aromatic carbocycles. The summed E-state index contributed by atoms with van der Waals surface area (Å²) in [5.41, 5.74) is 0.795. The number of aromatic nitrogens is 1. The Balaban J connectivity index is 1.95. The summed E-state index contributed by atoms with van der Waals surface area (Å²) in [5.74, 6) is 0. The molecule has 3 rings (SSSR count). The number of ether oxygens (including phenoxy) is 1. The maximum Gasteiger partial charge on any atom is 0.125 e. The molecule has 1 saturated carbocycles. The van der Waals surface area contributed by atoms with E-state index < -0.39 is 0 Å². The molecule has 100 valence electrons. The van der Waals surface area contributed by atoms with E-state index in [1.165, 1.54) is 17.7 Å². The third-order valence-electron chi connectivity index (χ3n) is 4.15. The predicted octanol–water partition coefficient (Wildman–Crippen LogP) is 3.32. The van der Waals surface area contributed by atoms with E-state index >= 15 is 0 Å². The van der Waals surface area contributed by atoms with Gasteiger partial charge < -0.3 is 9.84 Å². The zero-order chi connectivity index (χ0) is 12.6. The molecular formula is C14H21NO2S. The van der Waals surface area contributed by atoms with E-state index in [1.807, 2.05) is 0 Å². The summed E-state index contributed by atoms with van der Waals surface area (Å²) in [6.07, 6.45) is 7.30. The topological polar surface area (TPSA) is 42.4 Å². The Morgan fingerprint density at radius 2 is 2.17 bits per heavy atom. The van der Waals surface area contributed by atoms with E-state index in [-0.39, 0.29) is 11.7 Å². The van der Waals surface area contributed by atoms with Gasteiger partial charge in [0.15, 0.2) is 0 Å². The van der Waals surface area contributed by atoms with E-state index in [4.69, 9.17) is 9.72 Å². The van der Waals surface area contributed by atoms with Crippen molar-refractivity contribution in [3.05, 3.63) is 15.6 Å². The summed E-state index contributed by atoms with van der Waals surface area (Å²) in [4.78, 5) is 6.03. The van der Waals surface area contributed by atoms with Crippen LogP contribution in [-0.2, 0) is 16.8 Å². The lowest BCUT2D eigenvalue weighted by atomic mass is 9.99. The van der Waals surface area contributed by atoms with Gasteiger partial charge in [-0.15, -0.1) is 11.3 Å². The molecule has 0 radical (unpaired) electrons. The summed E-state index contributed by atoms with van der Waals surface area (Å²) in [5, 5.41) is 11.2. The number of rotatable bonds is 3. The normalized spacial score (nSPS) is 26.2. The molecule has 0 saturated heterocycles. The van der Waals surface area contributed by atoms with Gasteiger partial charge in [0.05, 0.1) is 11.8 Å². The van der Waals surface area contributed by atoms with Gasteiger partial charge in [0.2, 0.25) is 0 Å². The maximum atomic E-state index is 10.0. The molecule has 0 amide bonds. The van der Waals surface area contributed by atoms with Crippen LogP contribution in [0.3, 0.4) is 0 Å². The molecule has 1 heterocycles. The number of aliphatic hydroxyl groups is 1. The van der Waals surface area contributed by atoms with Gasteiger partial charge in [-0.1, -0.05) is 12.8 Å². The Labute approximate surface area is 112 Å². The lowest BCUT2D eigenvalue weighted by Gasteiger charge is -2.26. The van der Waals surface area contributed by atoms with Gasteiger partial charge in [0.25, 0.3) is 0 Å². The predicted molar refractivity (Wildman–Crippen MR) is 71.8 cm³/mol. The average molecular weight is 267 g/mol. The molecular weight excluding hydrogens is 246 g/mol. The first kappa shape index (κ1) is 12.6. The minimum atomic E-state index is -0.348. The van der Waals surface area contributed by atoms with Crippen molar-refractivity contribution >= 4 is 11.3 Å². The highest BCUT2D eigenvalue weighted by molar-refractivity contribution is 7.11. The van der Waals surface area contributed by atoms with Crippen LogP contribution in [0.4, 0.5) is 0 Å². The van der Waals surface area contributed by atoms with Crippen LogP contribution in [0.1, 0.15) is 67.1 Å². The molecule has 0 bridgehead atoms. The molecule has 1 atom stereocenters. The molecule has 0 spiro atoms.